The van der Waals surface area contributed by atoms with Crippen LogP contribution >= 0.6 is 0 Å². The number of hydrogen-bond acceptors (Lipinski definition) is 3. The third kappa shape index (κ3) is 2.94. The van der Waals surface area contributed by atoms with E-state index >= 15 is 0 Å². The number of aliphatic hydroxyl groups excluding tert-OH is 1. The fraction of sp³-hybridized carbons (Fsp3) is 0.400. The van der Waals surface area contributed by atoms with Crippen LogP contribution in [0.15, 0.2) is 24.3 Å². The van der Waals surface area contributed by atoms with E-state index in [0.29, 0.717) is 5.69 Å². The first-order valence-electron chi connectivity index (χ1n) is 4.61. The van der Waals surface area contributed by atoms with Crippen molar-refractivity contribution in [2.24, 2.45) is 0 Å². The summed E-state index contributed by atoms with van der Waals surface area (Å²) in [5.74, 6) is -0.253. The average molecular weight is 229 g/mol. The van der Waals surface area contributed by atoms with Crippen LogP contribution in [0.2, 0.25) is 0 Å². The number of benzene rings is 1. The molecule has 0 bridgehead atoms. The molecule has 0 saturated heterocycles. The summed E-state index contributed by atoms with van der Waals surface area (Å²) in [5, 5.41) is 8.64. The van der Waals surface area contributed by atoms with Gasteiger partial charge in [-0.25, -0.2) is 8.42 Å². The monoisotopic (exact) mass is 229 g/mol. The molecule has 0 aliphatic heterocycles. The lowest BCUT2D eigenvalue weighted by atomic mass is 10.2. The van der Waals surface area contributed by atoms with Crippen LogP contribution in [-0.2, 0) is 10.0 Å². The Morgan fingerprint density at radius 1 is 1.27 bits per heavy atom. The minimum atomic E-state index is -3.39. The van der Waals surface area contributed by atoms with Gasteiger partial charge >= 0.3 is 0 Å². The third-order valence-corrected chi connectivity index (χ3v) is 3.91. The first kappa shape index (κ1) is 12.0. The number of sulfonamides is 1. The number of rotatable bonds is 4. The normalized spacial score (nSPS) is 11.4. The molecule has 1 N–H and O–H groups in total. The van der Waals surface area contributed by atoms with Crippen LogP contribution in [-0.4, -0.2) is 32.9 Å². The van der Waals surface area contributed by atoms with Gasteiger partial charge in [0.15, 0.2) is 0 Å². The van der Waals surface area contributed by atoms with Crippen LogP contribution in [0.5, 0.6) is 0 Å². The number of nitrogens with zero attached hydrogens (tertiary/aromatic N) is 1. The molecule has 15 heavy (non-hydrogen) atoms. The lowest BCUT2D eigenvalue weighted by Crippen LogP contribution is -2.30. The van der Waals surface area contributed by atoms with Crippen molar-refractivity contribution in [3.63, 3.8) is 0 Å². The SMILES string of the molecule is Cc1ccc(N(C)S(=O)(=O)CCO)cc1. The molecule has 0 amide bonds. The second-order valence-corrected chi connectivity index (χ2v) is 5.46. The van der Waals surface area contributed by atoms with E-state index < -0.39 is 10.0 Å². The Labute approximate surface area is 90.2 Å². The first-order chi connectivity index (χ1) is 6.97. The largest absolute Gasteiger partial charge is 0.395 e. The zero-order valence-corrected chi connectivity index (χ0v) is 9.66. The molecule has 0 aliphatic carbocycles. The number of aryl methyl sites for hydroxylation is 1. The Hall–Kier alpha value is -1.07. The highest BCUT2D eigenvalue weighted by molar-refractivity contribution is 7.92. The van der Waals surface area contributed by atoms with E-state index in [1.54, 1.807) is 12.1 Å². The van der Waals surface area contributed by atoms with E-state index in [0.717, 1.165) is 5.56 Å². The lowest BCUT2D eigenvalue weighted by Gasteiger charge is -2.18. The molecular weight excluding hydrogens is 214 g/mol. The highest BCUT2D eigenvalue weighted by Crippen LogP contribution is 2.16. The molecule has 0 radical (unpaired) electrons. The van der Waals surface area contributed by atoms with E-state index in [1.807, 2.05) is 19.1 Å². The van der Waals surface area contributed by atoms with E-state index in [1.165, 1.54) is 11.4 Å². The molecule has 0 spiro atoms. The van der Waals surface area contributed by atoms with Crippen LogP contribution in [0.25, 0.3) is 0 Å². The second kappa shape index (κ2) is 4.63. The van der Waals surface area contributed by atoms with Crippen molar-refractivity contribution in [1.29, 1.82) is 0 Å². The van der Waals surface area contributed by atoms with Gasteiger partial charge in [-0.15, -0.1) is 0 Å². The predicted octanol–water partition coefficient (Wildman–Crippen LogP) is 0.753. The van der Waals surface area contributed by atoms with Crippen molar-refractivity contribution in [3.05, 3.63) is 29.8 Å². The van der Waals surface area contributed by atoms with Gasteiger partial charge in [0.1, 0.15) is 0 Å². The molecule has 5 heteroatoms. The maximum absolute atomic E-state index is 11.6. The van der Waals surface area contributed by atoms with Gasteiger partial charge in [0.05, 0.1) is 18.0 Å². The molecule has 0 fully saturated rings. The van der Waals surface area contributed by atoms with Crippen molar-refractivity contribution in [1.82, 2.24) is 0 Å². The van der Waals surface area contributed by atoms with Gasteiger partial charge in [-0.3, -0.25) is 4.31 Å². The molecule has 0 saturated carbocycles. The summed E-state index contributed by atoms with van der Waals surface area (Å²) in [6, 6.07) is 7.18. The van der Waals surface area contributed by atoms with E-state index in [4.69, 9.17) is 5.11 Å². The minimum Gasteiger partial charge on any atom is -0.395 e. The van der Waals surface area contributed by atoms with Crippen molar-refractivity contribution in [3.8, 4) is 0 Å². The van der Waals surface area contributed by atoms with Gasteiger partial charge in [-0.2, -0.15) is 0 Å². The molecule has 1 aromatic carbocycles. The highest BCUT2D eigenvalue weighted by Gasteiger charge is 2.16. The zero-order chi connectivity index (χ0) is 11.5. The maximum Gasteiger partial charge on any atom is 0.237 e. The molecule has 4 nitrogen and oxygen atoms in total. The van der Waals surface area contributed by atoms with Crippen molar-refractivity contribution < 1.29 is 13.5 Å². The van der Waals surface area contributed by atoms with Crippen molar-refractivity contribution in [2.45, 2.75) is 6.92 Å². The van der Waals surface area contributed by atoms with E-state index in [9.17, 15) is 8.42 Å². The van der Waals surface area contributed by atoms with Gasteiger partial charge in [-0.05, 0) is 19.1 Å². The summed E-state index contributed by atoms with van der Waals surface area (Å²) in [7, 11) is -1.91. The minimum absolute atomic E-state index is 0.253. The summed E-state index contributed by atoms with van der Waals surface area (Å²) in [6.07, 6.45) is 0. The number of hydrogen-bond donors (Lipinski definition) is 1. The van der Waals surface area contributed by atoms with Crippen molar-refractivity contribution >= 4 is 15.7 Å². The third-order valence-electron chi connectivity index (χ3n) is 2.16. The van der Waals surface area contributed by atoms with Gasteiger partial charge in [-0.1, -0.05) is 17.7 Å². The molecule has 84 valence electrons. The van der Waals surface area contributed by atoms with Gasteiger partial charge < -0.3 is 5.11 Å². The summed E-state index contributed by atoms with van der Waals surface area (Å²) in [5.41, 5.74) is 1.68. The average Bonchev–Trinajstić information content (AvgIpc) is 2.18. The standard InChI is InChI=1S/C10H15NO3S/c1-9-3-5-10(6-4-9)11(2)15(13,14)8-7-12/h3-6,12H,7-8H2,1-2H3. The van der Waals surface area contributed by atoms with Crippen LogP contribution in [0.4, 0.5) is 5.69 Å². The molecular formula is C10H15NO3S. The molecule has 0 atom stereocenters. The Bertz CT molecular complexity index is 411. The van der Waals surface area contributed by atoms with Gasteiger partial charge in [0, 0.05) is 7.05 Å². The Morgan fingerprint density at radius 2 is 1.80 bits per heavy atom. The highest BCUT2D eigenvalue weighted by atomic mass is 32.2. The van der Waals surface area contributed by atoms with Crippen molar-refractivity contribution in [2.75, 3.05) is 23.7 Å². The van der Waals surface area contributed by atoms with Crippen LogP contribution in [0.3, 0.4) is 0 Å². The van der Waals surface area contributed by atoms with E-state index in [2.05, 4.69) is 0 Å². The van der Waals surface area contributed by atoms with Crippen LogP contribution in [0.1, 0.15) is 5.56 Å². The Kier molecular flexibility index (Phi) is 3.71. The first-order valence-corrected chi connectivity index (χ1v) is 6.22. The molecule has 0 aliphatic rings. The Morgan fingerprint density at radius 3 is 2.27 bits per heavy atom. The topological polar surface area (TPSA) is 57.6 Å². The summed E-state index contributed by atoms with van der Waals surface area (Å²) in [4.78, 5) is 0. The summed E-state index contributed by atoms with van der Waals surface area (Å²) in [6.45, 7) is 1.57. The molecule has 1 aromatic rings. The van der Waals surface area contributed by atoms with Gasteiger partial charge in [0.2, 0.25) is 10.0 Å². The smallest absolute Gasteiger partial charge is 0.237 e. The molecule has 1 rings (SSSR count). The summed E-state index contributed by atoms with van der Waals surface area (Å²) < 4.78 is 24.3. The van der Waals surface area contributed by atoms with Crippen LogP contribution < -0.4 is 4.31 Å². The van der Waals surface area contributed by atoms with E-state index in [-0.39, 0.29) is 12.4 Å². The Balaban J connectivity index is 2.94. The van der Waals surface area contributed by atoms with Crippen LogP contribution in [0, 0.1) is 6.92 Å². The fourth-order valence-corrected chi connectivity index (χ4v) is 2.12. The number of anilines is 1. The molecule has 0 unspecified atom stereocenters. The summed E-state index contributed by atoms with van der Waals surface area (Å²) >= 11 is 0. The molecule has 0 heterocycles. The predicted molar refractivity (Wildman–Crippen MR) is 60.5 cm³/mol. The second-order valence-electron chi connectivity index (χ2n) is 3.34. The van der Waals surface area contributed by atoms with Gasteiger partial charge in [0.25, 0.3) is 0 Å². The number of aliphatic hydroxyl groups is 1. The quantitative estimate of drug-likeness (QED) is 0.829. The maximum atomic E-state index is 11.6. The molecule has 0 aromatic heterocycles. The fourth-order valence-electron chi connectivity index (χ4n) is 1.17. The zero-order valence-electron chi connectivity index (χ0n) is 8.84. The lowest BCUT2D eigenvalue weighted by molar-refractivity contribution is 0.319.